The second kappa shape index (κ2) is 4.29. The molecule has 2 heteroatoms. The minimum atomic E-state index is 0.289. The Bertz CT molecular complexity index is 417. The molecule has 0 bridgehead atoms. The molecule has 1 fully saturated rings. The lowest BCUT2D eigenvalue weighted by atomic mass is 9.72. The summed E-state index contributed by atoms with van der Waals surface area (Å²) in [5, 5.41) is 0.289. The van der Waals surface area contributed by atoms with E-state index in [-0.39, 0.29) is 5.38 Å². The van der Waals surface area contributed by atoms with Crippen molar-refractivity contribution in [2.75, 3.05) is 13.6 Å². The molecule has 1 heterocycles. The third-order valence-corrected chi connectivity index (χ3v) is 5.27. The van der Waals surface area contributed by atoms with Gasteiger partial charge in [0.2, 0.25) is 0 Å². The quantitative estimate of drug-likeness (QED) is 0.638. The molecule has 1 aliphatic heterocycles. The van der Waals surface area contributed by atoms with Crippen molar-refractivity contribution in [1.82, 2.24) is 4.90 Å². The van der Waals surface area contributed by atoms with Gasteiger partial charge in [-0.2, -0.15) is 0 Å². The van der Waals surface area contributed by atoms with Crippen molar-refractivity contribution in [3.63, 3.8) is 0 Å². The third-order valence-electron chi connectivity index (χ3n) is 4.57. The smallest absolute Gasteiger partial charge is 0.0457 e. The molecule has 0 amide bonds. The van der Waals surface area contributed by atoms with Gasteiger partial charge in [-0.05, 0) is 36.9 Å². The van der Waals surface area contributed by atoms with Gasteiger partial charge < -0.3 is 4.90 Å². The molecule has 1 aliphatic carbocycles. The molecule has 0 saturated carbocycles. The van der Waals surface area contributed by atoms with Gasteiger partial charge >= 0.3 is 0 Å². The topological polar surface area (TPSA) is 3.24 Å². The molecule has 92 valence electrons. The van der Waals surface area contributed by atoms with Crippen molar-refractivity contribution < 1.29 is 0 Å². The summed E-state index contributed by atoms with van der Waals surface area (Å²) in [6, 6.07) is 9.51. The molecule has 2 aliphatic rings. The maximum Gasteiger partial charge on any atom is 0.0457 e. The number of piperidine rings is 1. The standard InChI is InChI=1S/C15H20ClN/c1-10-9-17(2)13-8-7-11-5-3-4-6-12(11)14(13)15(10)16/h3-6,10,13-15H,7-9H2,1-2H3/t10-,13+,14+,15-/m0/s1. The first-order valence-electron chi connectivity index (χ1n) is 6.60. The van der Waals surface area contributed by atoms with Crippen LogP contribution in [0, 0.1) is 5.92 Å². The number of aryl methyl sites for hydroxylation is 1. The number of alkyl halides is 1. The van der Waals surface area contributed by atoms with E-state index in [9.17, 15) is 0 Å². The fraction of sp³-hybridized carbons (Fsp3) is 0.600. The van der Waals surface area contributed by atoms with E-state index >= 15 is 0 Å². The predicted octanol–water partition coefficient (Wildman–Crippen LogP) is 3.27. The van der Waals surface area contributed by atoms with E-state index < -0.39 is 0 Å². The van der Waals surface area contributed by atoms with Crippen LogP contribution >= 0.6 is 11.6 Å². The van der Waals surface area contributed by atoms with Crippen molar-refractivity contribution >= 4 is 11.6 Å². The lowest BCUT2D eigenvalue weighted by molar-refractivity contribution is 0.112. The monoisotopic (exact) mass is 249 g/mol. The normalized spacial score (nSPS) is 37.4. The number of likely N-dealkylation sites (N-methyl/N-ethyl adjacent to an activating group) is 1. The van der Waals surface area contributed by atoms with Crippen LogP contribution in [0.2, 0.25) is 0 Å². The van der Waals surface area contributed by atoms with E-state index in [2.05, 4.69) is 43.1 Å². The number of nitrogens with zero attached hydrogens (tertiary/aromatic N) is 1. The lowest BCUT2D eigenvalue weighted by Crippen LogP contribution is -2.52. The molecule has 0 N–H and O–H groups in total. The van der Waals surface area contributed by atoms with Crippen molar-refractivity contribution in [1.29, 1.82) is 0 Å². The lowest BCUT2D eigenvalue weighted by Gasteiger charge is -2.48. The zero-order valence-electron chi connectivity index (χ0n) is 10.6. The molecular formula is C15H20ClN. The van der Waals surface area contributed by atoms with E-state index in [0.717, 1.165) is 6.54 Å². The molecule has 1 aromatic carbocycles. The van der Waals surface area contributed by atoms with Crippen LogP contribution in [0.4, 0.5) is 0 Å². The van der Waals surface area contributed by atoms with Crippen molar-refractivity contribution in [3.8, 4) is 0 Å². The number of halogens is 1. The van der Waals surface area contributed by atoms with E-state index in [1.165, 1.54) is 24.0 Å². The van der Waals surface area contributed by atoms with Crippen molar-refractivity contribution in [2.24, 2.45) is 5.92 Å². The Labute approximate surface area is 109 Å². The van der Waals surface area contributed by atoms with E-state index in [4.69, 9.17) is 11.6 Å². The van der Waals surface area contributed by atoms with Gasteiger partial charge in [0, 0.05) is 23.9 Å². The van der Waals surface area contributed by atoms with Crippen LogP contribution < -0.4 is 0 Å². The van der Waals surface area contributed by atoms with E-state index in [1.54, 1.807) is 0 Å². The molecule has 0 spiro atoms. The first-order valence-corrected chi connectivity index (χ1v) is 7.04. The Balaban J connectivity index is 2.03. The molecular weight excluding hydrogens is 230 g/mol. The molecule has 17 heavy (non-hydrogen) atoms. The summed E-state index contributed by atoms with van der Waals surface area (Å²) in [5.41, 5.74) is 3.02. The van der Waals surface area contributed by atoms with Crippen LogP contribution in [-0.2, 0) is 6.42 Å². The SMILES string of the molecule is C[C@H]1CN(C)[C@@H]2CCc3ccccc3[C@H]2[C@H]1Cl. The minimum absolute atomic E-state index is 0.289. The summed E-state index contributed by atoms with van der Waals surface area (Å²) in [7, 11) is 2.25. The van der Waals surface area contributed by atoms with Gasteiger partial charge in [0.1, 0.15) is 0 Å². The summed E-state index contributed by atoms with van der Waals surface area (Å²) in [5.74, 6) is 1.10. The van der Waals surface area contributed by atoms with Gasteiger partial charge in [0.15, 0.2) is 0 Å². The van der Waals surface area contributed by atoms with Crippen LogP contribution in [0.5, 0.6) is 0 Å². The Morgan fingerprint density at radius 2 is 2.06 bits per heavy atom. The summed E-state index contributed by atoms with van der Waals surface area (Å²) >= 11 is 6.71. The number of fused-ring (bicyclic) bond motifs is 3. The maximum atomic E-state index is 6.71. The number of likely N-dealkylation sites (tertiary alicyclic amines) is 1. The van der Waals surface area contributed by atoms with Crippen molar-refractivity contribution in [3.05, 3.63) is 35.4 Å². The summed E-state index contributed by atoms with van der Waals surface area (Å²) in [6.07, 6.45) is 2.47. The Morgan fingerprint density at radius 3 is 2.88 bits per heavy atom. The molecule has 1 aromatic rings. The summed E-state index contributed by atoms with van der Waals surface area (Å²) < 4.78 is 0. The first-order chi connectivity index (χ1) is 8.18. The maximum absolute atomic E-state index is 6.71. The van der Waals surface area contributed by atoms with Crippen molar-refractivity contribution in [2.45, 2.75) is 37.1 Å². The fourth-order valence-corrected chi connectivity index (χ4v) is 4.08. The number of rotatable bonds is 0. The average Bonchev–Trinajstić information content (AvgIpc) is 2.35. The van der Waals surface area contributed by atoms with Crippen LogP contribution in [0.15, 0.2) is 24.3 Å². The van der Waals surface area contributed by atoms with E-state index in [1.807, 2.05) is 0 Å². The molecule has 0 unspecified atom stereocenters. The fourth-order valence-electron chi connectivity index (χ4n) is 3.70. The highest BCUT2D eigenvalue weighted by Gasteiger charge is 2.42. The Hall–Kier alpha value is -0.530. The number of benzene rings is 1. The zero-order chi connectivity index (χ0) is 12.0. The molecule has 1 nitrogen and oxygen atoms in total. The van der Waals surface area contributed by atoms with Gasteiger partial charge in [0.05, 0.1) is 0 Å². The Morgan fingerprint density at radius 1 is 1.29 bits per heavy atom. The number of hydrogen-bond donors (Lipinski definition) is 0. The van der Waals surface area contributed by atoms with Gasteiger partial charge in [0.25, 0.3) is 0 Å². The summed E-state index contributed by atoms with van der Waals surface area (Å²) in [4.78, 5) is 2.52. The average molecular weight is 250 g/mol. The zero-order valence-corrected chi connectivity index (χ0v) is 11.3. The molecule has 0 aromatic heterocycles. The van der Waals surface area contributed by atoms with Gasteiger partial charge in [-0.1, -0.05) is 31.2 Å². The molecule has 4 atom stereocenters. The van der Waals surface area contributed by atoms with Crippen LogP contribution in [0.25, 0.3) is 0 Å². The first kappa shape index (κ1) is 11.6. The highest BCUT2D eigenvalue weighted by molar-refractivity contribution is 6.21. The second-order valence-corrected chi connectivity index (χ2v) is 6.20. The third kappa shape index (κ3) is 1.80. The van der Waals surface area contributed by atoms with Gasteiger partial charge in [-0.15, -0.1) is 11.6 Å². The Kier molecular flexibility index (Phi) is 2.92. The van der Waals surface area contributed by atoms with Crippen LogP contribution in [0.3, 0.4) is 0 Å². The molecule has 1 saturated heterocycles. The summed E-state index contributed by atoms with van der Waals surface area (Å²) in [6.45, 7) is 3.42. The largest absolute Gasteiger partial charge is 0.302 e. The highest BCUT2D eigenvalue weighted by atomic mass is 35.5. The number of hydrogen-bond acceptors (Lipinski definition) is 1. The van der Waals surface area contributed by atoms with Crippen LogP contribution in [0.1, 0.15) is 30.4 Å². The van der Waals surface area contributed by atoms with Crippen LogP contribution in [-0.4, -0.2) is 29.9 Å². The minimum Gasteiger partial charge on any atom is -0.302 e. The van der Waals surface area contributed by atoms with Gasteiger partial charge in [-0.3, -0.25) is 0 Å². The predicted molar refractivity (Wildman–Crippen MR) is 72.7 cm³/mol. The molecule has 3 rings (SSSR count). The second-order valence-electron chi connectivity index (χ2n) is 5.69. The molecule has 0 radical (unpaired) electrons. The van der Waals surface area contributed by atoms with Gasteiger partial charge in [-0.25, -0.2) is 0 Å². The highest BCUT2D eigenvalue weighted by Crippen LogP contribution is 2.44. The van der Waals surface area contributed by atoms with E-state index in [0.29, 0.717) is 17.9 Å².